The average Bonchev–Trinajstić information content (AvgIpc) is 3.44. The van der Waals surface area contributed by atoms with Gasteiger partial charge >= 0.3 is 5.97 Å². The Balaban J connectivity index is 1.66. The smallest absolute Gasteiger partial charge is 0.306 e. The number of carboxylic acid groups (broad SMARTS) is 1. The van der Waals surface area contributed by atoms with Crippen molar-refractivity contribution >= 4 is 11.9 Å². The maximum atomic E-state index is 12.7. The predicted molar refractivity (Wildman–Crippen MR) is 89.7 cm³/mol. The fraction of sp³-hybridized carbons (Fsp3) is 0.579. The predicted octanol–water partition coefficient (Wildman–Crippen LogP) is 3.15. The Morgan fingerprint density at radius 1 is 1.12 bits per heavy atom. The van der Waals surface area contributed by atoms with Crippen molar-refractivity contribution < 1.29 is 19.4 Å². The van der Waals surface area contributed by atoms with Gasteiger partial charge < -0.3 is 15.2 Å². The summed E-state index contributed by atoms with van der Waals surface area (Å²) in [4.78, 5) is 23.9. The highest BCUT2D eigenvalue weighted by Gasteiger charge is 2.36. The van der Waals surface area contributed by atoms with E-state index in [1.807, 2.05) is 24.3 Å². The summed E-state index contributed by atoms with van der Waals surface area (Å²) in [6.45, 7) is 0. The van der Waals surface area contributed by atoms with E-state index in [0.29, 0.717) is 18.8 Å². The molecule has 1 aromatic rings. The number of nitrogens with one attached hydrogen (secondary N) is 1. The van der Waals surface area contributed by atoms with E-state index in [2.05, 4.69) is 5.32 Å². The molecule has 5 nitrogen and oxygen atoms in total. The summed E-state index contributed by atoms with van der Waals surface area (Å²) in [5, 5.41) is 12.4. The van der Waals surface area contributed by atoms with Crippen LogP contribution < -0.4 is 10.1 Å². The van der Waals surface area contributed by atoms with Crippen molar-refractivity contribution in [1.82, 2.24) is 5.32 Å². The zero-order valence-corrected chi connectivity index (χ0v) is 14.0. The number of ether oxygens (including phenoxy) is 1. The van der Waals surface area contributed by atoms with Crippen molar-refractivity contribution in [3.63, 3.8) is 0 Å². The van der Waals surface area contributed by atoms with Gasteiger partial charge in [0, 0.05) is 5.92 Å². The second-order valence-electron chi connectivity index (χ2n) is 7.00. The fourth-order valence-electron chi connectivity index (χ4n) is 3.64. The van der Waals surface area contributed by atoms with Gasteiger partial charge in [0.2, 0.25) is 5.91 Å². The number of carbonyl (C=O) groups is 2. The molecule has 5 heteroatoms. The lowest BCUT2D eigenvalue weighted by Gasteiger charge is -2.28. The van der Waals surface area contributed by atoms with E-state index < -0.39 is 5.97 Å². The number of hydrogen-bond donors (Lipinski definition) is 2. The Morgan fingerprint density at radius 3 is 2.38 bits per heavy atom. The zero-order chi connectivity index (χ0) is 17.1. The number of amides is 1. The van der Waals surface area contributed by atoms with Gasteiger partial charge in [-0.05, 0) is 55.7 Å². The van der Waals surface area contributed by atoms with Gasteiger partial charge in [-0.2, -0.15) is 0 Å². The molecule has 3 unspecified atom stereocenters. The number of hydrogen-bond acceptors (Lipinski definition) is 3. The first-order valence-electron chi connectivity index (χ1n) is 8.75. The van der Waals surface area contributed by atoms with Crippen LogP contribution >= 0.6 is 0 Å². The normalized spacial score (nSPS) is 24.9. The van der Waals surface area contributed by atoms with E-state index in [4.69, 9.17) is 4.74 Å². The summed E-state index contributed by atoms with van der Waals surface area (Å²) in [6.07, 6.45) is 4.99. The first-order valence-corrected chi connectivity index (χ1v) is 8.75. The van der Waals surface area contributed by atoms with Gasteiger partial charge in [-0.1, -0.05) is 18.6 Å². The molecular weight excluding hydrogens is 306 g/mol. The molecule has 1 amide bonds. The molecule has 0 heterocycles. The summed E-state index contributed by atoms with van der Waals surface area (Å²) in [7, 11) is 1.64. The van der Waals surface area contributed by atoms with Gasteiger partial charge in [-0.3, -0.25) is 9.59 Å². The quantitative estimate of drug-likeness (QED) is 0.839. The van der Waals surface area contributed by atoms with Gasteiger partial charge in [0.25, 0.3) is 0 Å². The van der Waals surface area contributed by atoms with Crippen LogP contribution in [0.25, 0.3) is 0 Å². The minimum atomic E-state index is -0.776. The van der Waals surface area contributed by atoms with E-state index >= 15 is 0 Å². The molecule has 3 rings (SSSR count). The number of methoxy groups -OCH3 is 1. The molecule has 1 aromatic carbocycles. The number of rotatable bonds is 6. The monoisotopic (exact) mass is 331 g/mol. The molecule has 2 saturated carbocycles. The lowest BCUT2D eigenvalue weighted by Crippen LogP contribution is -2.38. The number of carboxylic acids is 1. The zero-order valence-electron chi connectivity index (χ0n) is 14.0. The molecular formula is C19H25NO4. The summed E-state index contributed by atoms with van der Waals surface area (Å²) in [5.41, 5.74) is 1.09. The highest BCUT2D eigenvalue weighted by molar-refractivity contribution is 5.80. The molecule has 2 aliphatic rings. The van der Waals surface area contributed by atoms with Crippen molar-refractivity contribution in [1.29, 1.82) is 0 Å². The van der Waals surface area contributed by atoms with Crippen LogP contribution in [-0.2, 0) is 9.59 Å². The van der Waals surface area contributed by atoms with Crippen LogP contribution in [0.3, 0.4) is 0 Å². The fourth-order valence-corrected chi connectivity index (χ4v) is 3.64. The Morgan fingerprint density at radius 2 is 1.79 bits per heavy atom. The lowest BCUT2D eigenvalue weighted by atomic mass is 9.81. The third-order valence-electron chi connectivity index (χ3n) is 5.26. The third kappa shape index (κ3) is 3.89. The first-order chi connectivity index (χ1) is 11.6. The van der Waals surface area contributed by atoms with Gasteiger partial charge in [-0.25, -0.2) is 0 Å². The topological polar surface area (TPSA) is 75.6 Å². The maximum absolute atomic E-state index is 12.7. The molecule has 2 fully saturated rings. The van der Waals surface area contributed by atoms with E-state index in [0.717, 1.165) is 37.0 Å². The number of benzene rings is 1. The molecule has 0 radical (unpaired) electrons. The Bertz CT molecular complexity index is 594. The van der Waals surface area contributed by atoms with Crippen LogP contribution in [0.4, 0.5) is 0 Å². The highest BCUT2D eigenvalue weighted by atomic mass is 16.5. The standard InChI is InChI=1S/C19H25NO4/c1-24-16-9-7-13(8-10-16)17(12-5-6-12)20-18(21)14-3-2-4-15(11-14)19(22)23/h7-10,12,14-15,17H,2-6,11H2,1H3,(H,20,21)(H,22,23). The number of carbonyl (C=O) groups excluding carboxylic acids is 1. The molecule has 0 bridgehead atoms. The molecule has 2 aliphatic carbocycles. The summed E-state index contributed by atoms with van der Waals surface area (Å²) < 4.78 is 5.19. The van der Waals surface area contributed by atoms with Gasteiger partial charge in [0.05, 0.1) is 19.1 Å². The summed E-state index contributed by atoms with van der Waals surface area (Å²) in [6, 6.07) is 7.86. The molecule has 3 atom stereocenters. The van der Waals surface area contributed by atoms with E-state index in [1.54, 1.807) is 7.11 Å². The Labute approximate surface area is 142 Å². The molecule has 2 N–H and O–H groups in total. The molecule has 0 saturated heterocycles. The van der Waals surface area contributed by atoms with Crippen molar-refractivity contribution in [3.05, 3.63) is 29.8 Å². The minimum absolute atomic E-state index is 0.00803. The summed E-state index contributed by atoms with van der Waals surface area (Å²) >= 11 is 0. The van der Waals surface area contributed by atoms with Gasteiger partial charge in [0.1, 0.15) is 5.75 Å². The van der Waals surface area contributed by atoms with Crippen LogP contribution in [0.1, 0.15) is 50.1 Å². The van der Waals surface area contributed by atoms with E-state index in [9.17, 15) is 14.7 Å². The molecule has 130 valence electrons. The number of aliphatic carboxylic acids is 1. The second-order valence-corrected chi connectivity index (χ2v) is 7.00. The first kappa shape index (κ1) is 16.8. The lowest BCUT2D eigenvalue weighted by molar-refractivity contribution is -0.144. The van der Waals surface area contributed by atoms with Crippen molar-refractivity contribution in [3.8, 4) is 5.75 Å². The van der Waals surface area contributed by atoms with Gasteiger partial charge in [-0.15, -0.1) is 0 Å². The second kappa shape index (κ2) is 7.24. The van der Waals surface area contributed by atoms with Crippen LogP contribution in [0.5, 0.6) is 5.75 Å². The highest BCUT2D eigenvalue weighted by Crippen LogP contribution is 2.42. The molecule has 0 aliphatic heterocycles. The van der Waals surface area contributed by atoms with Crippen molar-refractivity contribution in [2.24, 2.45) is 17.8 Å². The van der Waals surface area contributed by atoms with Crippen LogP contribution in [0, 0.1) is 17.8 Å². The SMILES string of the molecule is COc1ccc(C(NC(=O)C2CCCC(C(=O)O)C2)C2CC2)cc1. The third-order valence-corrected chi connectivity index (χ3v) is 5.26. The van der Waals surface area contributed by atoms with Crippen molar-refractivity contribution in [2.75, 3.05) is 7.11 Å². The largest absolute Gasteiger partial charge is 0.497 e. The molecule has 24 heavy (non-hydrogen) atoms. The molecule has 0 spiro atoms. The Kier molecular flexibility index (Phi) is 5.07. The van der Waals surface area contributed by atoms with Crippen molar-refractivity contribution in [2.45, 2.75) is 44.6 Å². The van der Waals surface area contributed by atoms with Crippen LogP contribution in [0.15, 0.2) is 24.3 Å². The van der Waals surface area contributed by atoms with Gasteiger partial charge in [0.15, 0.2) is 0 Å². The molecule has 0 aromatic heterocycles. The van der Waals surface area contributed by atoms with E-state index in [-0.39, 0.29) is 23.8 Å². The summed E-state index contributed by atoms with van der Waals surface area (Å²) in [5.74, 6) is -0.0401. The maximum Gasteiger partial charge on any atom is 0.306 e. The average molecular weight is 331 g/mol. The Hall–Kier alpha value is -2.04. The van der Waals surface area contributed by atoms with E-state index in [1.165, 1.54) is 0 Å². The minimum Gasteiger partial charge on any atom is -0.497 e. The van der Waals surface area contributed by atoms with Crippen LogP contribution in [-0.4, -0.2) is 24.1 Å². The van der Waals surface area contributed by atoms with Crippen LogP contribution in [0.2, 0.25) is 0 Å².